The lowest BCUT2D eigenvalue weighted by Gasteiger charge is -2.34. The van der Waals surface area contributed by atoms with Crippen LogP contribution in [-0.2, 0) is 19.1 Å². The van der Waals surface area contributed by atoms with Crippen molar-refractivity contribution in [2.75, 3.05) is 56.5 Å². The molecule has 7 heteroatoms. The Kier molecular flexibility index (Phi) is 62.4. The van der Waals surface area contributed by atoms with Gasteiger partial charge in [-0.25, -0.2) is 0 Å². The van der Waals surface area contributed by atoms with Gasteiger partial charge in [-0.1, -0.05) is 107 Å². The molecule has 0 atom stereocenters. The van der Waals surface area contributed by atoms with Crippen molar-refractivity contribution >= 4 is 23.2 Å². The molecular weight excluding hydrogens is 647 g/mol. The molecule has 0 aliphatic rings. The van der Waals surface area contributed by atoms with Crippen LogP contribution in [0.1, 0.15) is 173 Å². The molecule has 0 unspecified atom stereocenters. The third kappa shape index (κ3) is 201. The molecule has 0 fully saturated rings. The molecule has 0 N–H and O–H groups in total. The maximum Gasteiger partial charge on any atom is 0.218 e. The Morgan fingerprint density at radius 2 is 0.635 bits per heavy atom. The van der Waals surface area contributed by atoms with E-state index in [0.29, 0.717) is 16.2 Å². The number of hydrogen-bond donors (Lipinski definition) is 0. The molecule has 52 heavy (non-hydrogen) atoms. The Balaban J connectivity index is -0.0000000477. The fraction of sp³-hybridized carbons (Fsp3) is 0.822. The quantitative estimate of drug-likeness (QED) is 0.182. The summed E-state index contributed by atoms with van der Waals surface area (Å²) in [7, 11) is 14.5. The molecule has 0 aromatic carbocycles. The highest BCUT2D eigenvalue weighted by atomic mass is 16.4. The van der Waals surface area contributed by atoms with Gasteiger partial charge in [0, 0.05) is 53.4 Å². The van der Waals surface area contributed by atoms with Crippen molar-refractivity contribution < 1.29 is 19.1 Å². The first-order valence-corrected chi connectivity index (χ1v) is 18.2. The summed E-state index contributed by atoms with van der Waals surface area (Å²) in [5, 5.41) is 0. The highest BCUT2D eigenvalue weighted by Gasteiger charge is 2.26. The molecule has 0 heterocycles. The molecule has 0 radical (unpaired) electrons. The van der Waals surface area contributed by atoms with Crippen LogP contribution in [0.3, 0.4) is 0 Å². The molecule has 0 aliphatic carbocycles. The second-order valence-corrected chi connectivity index (χ2v) is 18.8. The Morgan fingerprint density at radius 3 is 0.635 bits per heavy atom. The lowest BCUT2D eigenvalue weighted by molar-refractivity contribution is -0.126. The normalized spacial score (nSPS) is 9.42. The van der Waals surface area contributed by atoms with Gasteiger partial charge in [-0.15, -0.1) is 6.58 Å². The maximum absolute atomic E-state index is 10.5. The fourth-order valence-corrected chi connectivity index (χ4v) is 0. The number of aliphatic imine (C=N–C) groups is 1. The number of methoxy groups -OCH3 is 1. The standard InChI is InChI=1S/C8H18.C6H12O.C6H12.C5H12.C4H9NO.C4H9N.C4H8.C3H9N.C3H6O.C2H6O/c1-7(2,3)8(4,5)6;1-5(7)6(2,3)4;1-5(2)6(3)4;1-5(2,3)4;1-4(6)5(2)3;1-4(2)5-3;2*1-4(2)3;1-3(2)4;1-3-2/h1-6H3;1-4H3;1-4H3;1-4H3;1-3H3;1-3H3;1H2,2-3H3;1-3H3;1-2H3;1-2H3. The third-order valence-corrected chi connectivity index (χ3v) is 5.38. The van der Waals surface area contributed by atoms with E-state index in [2.05, 4.69) is 113 Å². The van der Waals surface area contributed by atoms with E-state index in [-0.39, 0.29) is 22.9 Å². The van der Waals surface area contributed by atoms with Gasteiger partial charge in [0.1, 0.15) is 11.6 Å². The molecule has 0 aromatic rings. The van der Waals surface area contributed by atoms with E-state index in [1.54, 1.807) is 42.3 Å². The summed E-state index contributed by atoms with van der Waals surface area (Å²) in [6.45, 7) is 54.2. The summed E-state index contributed by atoms with van der Waals surface area (Å²) in [4.78, 5) is 37.3. The smallest absolute Gasteiger partial charge is 0.218 e. The van der Waals surface area contributed by atoms with Crippen LogP contribution in [-0.4, -0.2) is 89.5 Å². The van der Waals surface area contributed by atoms with E-state index in [1.165, 1.54) is 42.4 Å². The Morgan fingerprint density at radius 1 is 0.538 bits per heavy atom. The molecule has 0 bridgehead atoms. The molecule has 0 aromatic heterocycles. The molecule has 1 amide bonds. The molecule has 0 spiro atoms. The number of ether oxygens (including phenoxy) is 1. The number of amides is 1. The number of carbonyl (C=O) groups is 3. The van der Waals surface area contributed by atoms with Crippen LogP contribution in [0.5, 0.6) is 0 Å². The second-order valence-electron chi connectivity index (χ2n) is 18.8. The lowest BCUT2D eigenvalue weighted by Crippen LogP contribution is -2.25. The Labute approximate surface area is 330 Å². The fourth-order valence-electron chi connectivity index (χ4n) is 0. The topological polar surface area (TPSA) is 79.3 Å². The van der Waals surface area contributed by atoms with Crippen LogP contribution >= 0.6 is 0 Å². The van der Waals surface area contributed by atoms with Gasteiger partial charge in [0.25, 0.3) is 0 Å². The van der Waals surface area contributed by atoms with Crippen molar-refractivity contribution in [1.29, 1.82) is 0 Å². The minimum atomic E-state index is -0.139. The summed E-state index contributed by atoms with van der Waals surface area (Å²) in [6.07, 6.45) is 0. The van der Waals surface area contributed by atoms with Crippen LogP contribution in [0.4, 0.5) is 0 Å². The van der Waals surface area contributed by atoms with Gasteiger partial charge in [-0.05, 0) is 114 Å². The van der Waals surface area contributed by atoms with Crippen LogP contribution in [0.15, 0.2) is 28.3 Å². The number of Topliss-reactive ketones (excluding diaryl/α,β-unsaturated/α-hetero) is 2. The van der Waals surface area contributed by atoms with Gasteiger partial charge < -0.3 is 19.3 Å². The zero-order valence-corrected chi connectivity index (χ0v) is 42.2. The van der Waals surface area contributed by atoms with Gasteiger partial charge in [-0.2, -0.15) is 0 Å². The van der Waals surface area contributed by atoms with E-state index >= 15 is 0 Å². The molecule has 320 valence electrons. The summed E-state index contributed by atoms with van der Waals surface area (Å²) < 4.78 is 4.25. The van der Waals surface area contributed by atoms with Crippen molar-refractivity contribution in [2.45, 2.75) is 173 Å². The van der Waals surface area contributed by atoms with Crippen LogP contribution < -0.4 is 0 Å². The van der Waals surface area contributed by atoms with Gasteiger partial charge in [0.15, 0.2) is 0 Å². The van der Waals surface area contributed by atoms with Crippen molar-refractivity contribution in [1.82, 2.24) is 9.80 Å². The average Bonchev–Trinajstić information content (AvgIpc) is 2.82. The van der Waals surface area contributed by atoms with Gasteiger partial charge in [-0.3, -0.25) is 14.6 Å². The first kappa shape index (κ1) is 74.9. The molecule has 0 saturated carbocycles. The summed E-state index contributed by atoms with van der Waals surface area (Å²) in [5.74, 6) is 0.502. The maximum atomic E-state index is 10.5. The monoisotopic (exact) mass is 748 g/mol. The number of rotatable bonds is 0. The summed E-state index contributed by atoms with van der Waals surface area (Å²) >= 11 is 0. The van der Waals surface area contributed by atoms with E-state index in [0.717, 1.165) is 5.71 Å². The molecule has 0 saturated heterocycles. The summed E-state index contributed by atoms with van der Waals surface area (Å²) in [6, 6.07) is 0. The van der Waals surface area contributed by atoms with Gasteiger partial charge in [0.05, 0.1) is 0 Å². The Hall–Kier alpha value is -2.12. The van der Waals surface area contributed by atoms with Crippen LogP contribution in [0.25, 0.3) is 0 Å². The minimum Gasteiger partial charge on any atom is -0.388 e. The number of hydrogen-bond acceptors (Lipinski definition) is 6. The zero-order valence-electron chi connectivity index (χ0n) is 42.2. The first-order chi connectivity index (χ1) is 22.4. The largest absolute Gasteiger partial charge is 0.388 e. The van der Waals surface area contributed by atoms with Crippen LogP contribution in [0, 0.1) is 21.7 Å². The molecule has 7 nitrogen and oxygen atoms in total. The third-order valence-electron chi connectivity index (χ3n) is 5.38. The SMILES string of the molecule is C=C(C)C.CC(=O)C(C)(C)C.CC(=O)N(C)C.CC(C)(C)C.CC(C)(C)C(C)(C)C.CC(C)=C(C)C.CC(C)=O.CN(C)C.CN=C(C)C.COC. The zero-order chi connectivity index (χ0) is 45.6. The second kappa shape index (κ2) is 43.3. The van der Waals surface area contributed by atoms with E-state index in [9.17, 15) is 14.4 Å². The number of carbonyl (C=O) groups excluding carboxylic acids is 3. The van der Waals surface area contributed by atoms with Crippen molar-refractivity contribution in [2.24, 2.45) is 26.7 Å². The summed E-state index contributed by atoms with van der Waals surface area (Å²) in [5.41, 5.74) is 6.38. The predicted octanol–water partition coefficient (Wildman–Crippen LogP) is 12.9. The highest BCUT2D eigenvalue weighted by Crippen LogP contribution is 2.36. The van der Waals surface area contributed by atoms with Crippen LogP contribution in [0.2, 0.25) is 0 Å². The number of nitrogens with zero attached hydrogens (tertiary/aromatic N) is 3. The van der Waals surface area contributed by atoms with Crippen molar-refractivity contribution in [3.05, 3.63) is 23.3 Å². The number of allylic oxidation sites excluding steroid dienone is 3. The molecule has 0 aliphatic heterocycles. The van der Waals surface area contributed by atoms with Gasteiger partial charge in [0.2, 0.25) is 5.91 Å². The van der Waals surface area contributed by atoms with Gasteiger partial charge >= 0.3 is 0 Å². The van der Waals surface area contributed by atoms with Crippen molar-refractivity contribution in [3.63, 3.8) is 0 Å². The lowest BCUT2D eigenvalue weighted by atomic mass is 9.71. The van der Waals surface area contributed by atoms with Crippen molar-refractivity contribution in [3.8, 4) is 0 Å². The van der Waals surface area contributed by atoms with E-state index in [1.807, 2.05) is 74.5 Å². The highest BCUT2D eigenvalue weighted by molar-refractivity contribution is 5.80. The number of ketones is 2. The minimum absolute atomic E-state index is 0.0926. The van der Waals surface area contributed by atoms with E-state index < -0.39 is 0 Å². The average molecular weight is 748 g/mol. The first-order valence-electron chi connectivity index (χ1n) is 18.2. The molecule has 0 rings (SSSR count). The Bertz CT molecular complexity index is 821. The van der Waals surface area contributed by atoms with E-state index in [4.69, 9.17) is 0 Å². The molecular formula is C45H101N3O4. The predicted molar refractivity (Wildman–Crippen MR) is 242 cm³/mol.